The summed E-state index contributed by atoms with van der Waals surface area (Å²) in [5.41, 5.74) is 1.56. The molecule has 3 nitrogen and oxygen atoms in total. The third-order valence-electron chi connectivity index (χ3n) is 3.79. The SMILES string of the molecule is Cn1ccnc1CCC(CNC(C)(C)C)c1ccccc1. The van der Waals surface area contributed by atoms with Crippen LogP contribution in [0.25, 0.3) is 0 Å². The van der Waals surface area contributed by atoms with E-state index in [-0.39, 0.29) is 5.54 Å². The molecule has 0 fully saturated rings. The average Bonchev–Trinajstić information content (AvgIpc) is 2.84. The minimum Gasteiger partial charge on any atom is -0.338 e. The zero-order valence-corrected chi connectivity index (χ0v) is 13.6. The van der Waals surface area contributed by atoms with Gasteiger partial charge in [-0.25, -0.2) is 4.98 Å². The first-order valence-electron chi connectivity index (χ1n) is 7.72. The standard InChI is InChI=1S/C18H27N3/c1-18(2,3)20-14-16(15-8-6-5-7-9-15)10-11-17-19-12-13-21(17)4/h5-9,12-13,16,20H,10-11,14H2,1-4H3. The Kier molecular flexibility index (Phi) is 5.18. The van der Waals surface area contributed by atoms with E-state index >= 15 is 0 Å². The Bertz CT molecular complexity index is 537. The maximum atomic E-state index is 4.43. The number of imidazole rings is 1. The van der Waals surface area contributed by atoms with Gasteiger partial charge in [0.2, 0.25) is 0 Å². The molecule has 0 aliphatic carbocycles. The van der Waals surface area contributed by atoms with E-state index < -0.39 is 0 Å². The van der Waals surface area contributed by atoms with Gasteiger partial charge in [0.15, 0.2) is 0 Å². The summed E-state index contributed by atoms with van der Waals surface area (Å²) in [5.74, 6) is 1.67. The molecular formula is C18H27N3. The number of nitrogens with one attached hydrogen (secondary N) is 1. The lowest BCUT2D eigenvalue weighted by Gasteiger charge is -2.25. The fourth-order valence-electron chi connectivity index (χ4n) is 2.48. The highest BCUT2D eigenvalue weighted by Crippen LogP contribution is 2.21. The van der Waals surface area contributed by atoms with Gasteiger partial charge in [0.05, 0.1) is 0 Å². The number of hydrogen-bond donors (Lipinski definition) is 1. The van der Waals surface area contributed by atoms with E-state index in [1.165, 1.54) is 5.56 Å². The Labute approximate surface area is 128 Å². The molecule has 0 aliphatic rings. The first-order valence-corrected chi connectivity index (χ1v) is 7.72. The smallest absolute Gasteiger partial charge is 0.108 e. The quantitative estimate of drug-likeness (QED) is 0.880. The molecule has 0 spiro atoms. The van der Waals surface area contributed by atoms with Crippen molar-refractivity contribution in [3.05, 3.63) is 54.1 Å². The van der Waals surface area contributed by atoms with E-state index in [1.54, 1.807) is 0 Å². The third kappa shape index (κ3) is 5.01. The largest absolute Gasteiger partial charge is 0.338 e. The first-order chi connectivity index (χ1) is 9.96. The fraction of sp³-hybridized carbons (Fsp3) is 0.500. The molecule has 2 aromatic rings. The van der Waals surface area contributed by atoms with Crippen molar-refractivity contribution in [3.63, 3.8) is 0 Å². The highest BCUT2D eigenvalue weighted by atomic mass is 15.0. The van der Waals surface area contributed by atoms with Crippen LogP contribution in [0, 0.1) is 0 Å². The molecule has 0 amide bonds. The van der Waals surface area contributed by atoms with Crippen LogP contribution >= 0.6 is 0 Å². The van der Waals surface area contributed by atoms with Gasteiger partial charge in [-0.2, -0.15) is 0 Å². The molecule has 0 saturated carbocycles. The van der Waals surface area contributed by atoms with Crippen LogP contribution < -0.4 is 5.32 Å². The molecule has 3 heteroatoms. The Hall–Kier alpha value is -1.61. The second-order valence-electron chi connectivity index (χ2n) is 6.73. The van der Waals surface area contributed by atoms with Crippen molar-refractivity contribution in [2.45, 2.75) is 45.1 Å². The summed E-state index contributed by atoms with van der Waals surface area (Å²) in [6, 6.07) is 10.8. The molecule has 114 valence electrons. The van der Waals surface area contributed by atoms with Crippen molar-refractivity contribution in [3.8, 4) is 0 Å². The summed E-state index contributed by atoms with van der Waals surface area (Å²) in [6.07, 6.45) is 6.01. The molecule has 1 aromatic carbocycles. The normalized spacial score (nSPS) is 13.3. The summed E-state index contributed by atoms with van der Waals surface area (Å²) in [5, 5.41) is 3.64. The minimum atomic E-state index is 0.149. The van der Waals surface area contributed by atoms with Crippen LogP contribution in [0.1, 0.15) is 44.5 Å². The van der Waals surface area contributed by atoms with E-state index in [1.807, 2.05) is 12.4 Å². The predicted molar refractivity (Wildman–Crippen MR) is 88.5 cm³/mol. The second-order valence-corrected chi connectivity index (χ2v) is 6.73. The third-order valence-corrected chi connectivity index (χ3v) is 3.79. The molecule has 0 radical (unpaired) electrons. The van der Waals surface area contributed by atoms with Crippen molar-refractivity contribution < 1.29 is 0 Å². The summed E-state index contributed by atoms with van der Waals surface area (Å²) in [6.45, 7) is 7.65. The maximum absolute atomic E-state index is 4.43. The van der Waals surface area contributed by atoms with Gasteiger partial charge in [-0.3, -0.25) is 0 Å². The molecule has 0 aliphatic heterocycles. The molecule has 1 heterocycles. The van der Waals surface area contributed by atoms with Gasteiger partial charge < -0.3 is 9.88 Å². The molecule has 1 aromatic heterocycles. The lowest BCUT2D eigenvalue weighted by atomic mass is 9.93. The van der Waals surface area contributed by atoms with Crippen LogP contribution in [0.15, 0.2) is 42.7 Å². The second kappa shape index (κ2) is 6.90. The van der Waals surface area contributed by atoms with Crippen molar-refractivity contribution in [1.29, 1.82) is 0 Å². The Morgan fingerprint density at radius 1 is 1.19 bits per heavy atom. The van der Waals surface area contributed by atoms with Crippen molar-refractivity contribution in [2.75, 3.05) is 6.54 Å². The molecule has 1 N–H and O–H groups in total. The fourth-order valence-corrected chi connectivity index (χ4v) is 2.48. The Morgan fingerprint density at radius 3 is 2.48 bits per heavy atom. The van der Waals surface area contributed by atoms with E-state index in [2.05, 4.69) is 73.0 Å². The lowest BCUT2D eigenvalue weighted by Crippen LogP contribution is -2.38. The number of aryl methyl sites for hydroxylation is 2. The molecule has 1 unspecified atom stereocenters. The highest BCUT2D eigenvalue weighted by Gasteiger charge is 2.16. The topological polar surface area (TPSA) is 29.9 Å². The monoisotopic (exact) mass is 285 g/mol. The van der Waals surface area contributed by atoms with E-state index in [9.17, 15) is 0 Å². The first kappa shape index (κ1) is 15.8. The van der Waals surface area contributed by atoms with E-state index in [0.29, 0.717) is 5.92 Å². The van der Waals surface area contributed by atoms with Gasteiger partial charge in [0.25, 0.3) is 0 Å². The lowest BCUT2D eigenvalue weighted by molar-refractivity contribution is 0.398. The molecule has 21 heavy (non-hydrogen) atoms. The van der Waals surface area contributed by atoms with Crippen LogP contribution in [0.5, 0.6) is 0 Å². The molecule has 2 rings (SSSR count). The van der Waals surface area contributed by atoms with Crippen LogP contribution in [0.4, 0.5) is 0 Å². The van der Waals surface area contributed by atoms with Crippen LogP contribution in [-0.4, -0.2) is 21.6 Å². The van der Waals surface area contributed by atoms with Crippen molar-refractivity contribution in [1.82, 2.24) is 14.9 Å². The minimum absolute atomic E-state index is 0.149. The van der Waals surface area contributed by atoms with E-state index in [0.717, 1.165) is 25.2 Å². The summed E-state index contributed by atoms with van der Waals surface area (Å²) in [7, 11) is 2.06. The van der Waals surface area contributed by atoms with Gasteiger partial charge in [-0.15, -0.1) is 0 Å². The summed E-state index contributed by atoms with van der Waals surface area (Å²) >= 11 is 0. The Balaban J connectivity index is 2.03. The molecule has 1 atom stereocenters. The van der Waals surface area contributed by atoms with E-state index in [4.69, 9.17) is 0 Å². The van der Waals surface area contributed by atoms with Crippen LogP contribution in [0.2, 0.25) is 0 Å². The number of benzene rings is 1. The molecular weight excluding hydrogens is 258 g/mol. The highest BCUT2D eigenvalue weighted by molar-refractivity contribution is 5.20. The van der Waals surface area contributed by atoms with Gasteiger partial charge >= 0.3 is 0 Å². The zero-order chi connectivity index (χ0) is 15.3. The van der Waals surface area contributed by atoms with Crippen molar-refractivity contribution in [2.24, 2.45) is 7.05 Å². The number of hydrogen-bond acceptors (Lipinski definition) is 2. The zero-order valence-electron chi connectivity index (χ0n) is 13.6. The number of nitrogens with zero attached hydrogens (tertiary/aromatic N) is 2. The molecule has 0 bridgehead atoms. The average molecular weight is 285 g/mol. The van der Waals surface area contributed by atoms with Gasteiger partial charge in [0, 0.05) is 37.9 Å². The van der Waals surface area contributed by atoms with Gasteiger partial charge in [-0.1, -0.05) is 30.3 Å². The summed E-state index contributed by atoms with van der Waals surface area (Å²) < 4.78 is 2.11. The van der Waals surface area contributed by atoms with Crippen LogP contribution in [0.3, 0.4) is 0 Å². The van der Waals surface area contributed by atoms with Crippen LogP contribution in [-0.2, 0) is 13.5 Å². The Morgan fingerprint density at radius 2 is 1.90 bits per heavy atom. The summed E-state index contributed by atoms with van der Waals surface area (Å²) in [4.78, 5) is 4.43. The van der Waals surface area contributed by atoms with Gasteiger partial charge in [0.1, 0.15) is 5.82 Å². The predicted octanol–water partition coefficient (Wildman–Crippen LogP) is 3.52. The maximum Gasteiger partial charge on any atom is 0.108 e. The van der Waals surface area contributed by atoms with Crippen molar-refractivity contribution >= 4 is 0 Å². The van der Waals surface area contributed by atoms with Gasteiger partial charge in [-0.05, 0) is 38.7 Å². The number of aromatic nitrogens is 2. The number of rotatable bonds is 6. The molecule has 0 saturated heterocycles.